The average molecular weight is 358 g/mol. The van der Waals surface area contributed by atoms with Gasteiger partial charge < -0.3 is 4.90 Å². The van der Waals surface area contributed by atoms with E-state index in [9.17, 15) is 4.79 Å². The SMILES string of the molecule is CCCN(C)C(=O)c1csc2c1CCN(Cc1ccc(CC)cn1)C2. The number of pyridine rings is 1. The van der Waals surface area contributed by atoms with Crippen LogP contribution in [0.5, 0.6) is 0 Å². The highest BCUT2D eigenvalue weighted by molar-refractivity contribution is 7.10. The number of carbonyl (C=O) groups is 1. The second-order valence-corrected chi connectivity index (χ2v) is 7.71. The highest BCUT2D eigenvalue weighted by Crippen LogP contribution is 2.30. The molecule has 0 N–H and O–H groups in total. The third-order valence-corrected chi connectivity index (χ3v) is 5.86. The molecule has 0 aliphatic carbocycles. The van der Waals surface area contributed by atoms with Crippen molar-refractivity contribution in [2.24, 2.45) is 0 Å². The van der Waals surface area contributed by atoms with Gasteiger partial charge in [-0.3, -0.25) is 14.7 Å². The monoisotopic (exact) mass is 357 g/mol. The van der Waals surface area contributed by atoms with Crippen LogP contribution in [0.3, 0.4) is 0 Å². The minimum Gasteiger partial charge on any atom is -0.342 e. The minimum atomic E-state index is 0.171. The van der Waals surface area contributed by atoms with Gasteiger partial charge in [-0.1, -0.05) is 19.9 Å². The predicted molar refractivity (Wildman–Crippen MR) is 103 cm³/mol. The zero-order valence-electron chi connectivity index (χ0n) is 15.4. The molecule has 0 atom stereocenters. The van der Waals surface area contributed by atoms with Crippen molar-refractivity contribution in [3.63, 3.8) is 0 Å². The van der Waals surface area contributed by atoms with E-state index in [1.165, 1.54) is 16.0 Å². The van der Waals surface area contributed by atoms with Crippen LogP contribution in [0.15, 0.2) is 23.7 Å². The first-order valence-corrected chi connectivity index (χ1v) is 10.0. The maximum Gasteiger partial charge on any atom is 0.254 e. The molecule has 3 heterocycles. The number of nitrogens with zero attached hydrogens (tertiary/aromatic N) is 3. The summed E-state index contributed by atoms with van der Waals surface area (Å²) in [6.45, 7) is 7.85. The van der Waals surface area contributed by atoms with Crippen LogP contribution in [-0.4, -0.2) is 40.8 Å². The average Bonchev–Trinajstić information content (AvgIpc) is 3.05. The number of hydrogen-bond donors (Lipinski definition) is 0. The van der Waals surface area contributed by atoms with Crippen molar-refractivity contribution in [1.29, 1.82) is 0 Å². The topological polar surface area (TPSA) is 36.4 Å². The van der Waals surface area contributed by atoms with E-state index in [-0.39, 0.29) is 5.91 Å². The second kappa shape index (κ2) is 8.11. The van der Waals surface area contributed by atoms with E-state index in [1.807, 2.05) is 18.1 Å². The third-order valence-electron chi connectivity index (χ3n) is 4.84. The highest BCUT2D eigenvalue weighted by atomic mass is 32.1. The number of thiophene rings is 1. The fourth-order valence-corrected chi connectivity index (χ4v) is 4.44. The Morgan fingerprint density at radius 2 is 2.20 bits per heavy atom. The molecule has 0 radical (unpaired) electrons. The Bertz CT molecular complexity index is 723. The Hall–Kier alpha value is -1.72. The zero-order chi connectivity index (χ0) is 17.8. The Labute approximate surface area is 154 Å². The van der Waals surface area contributed by atoms with Crippen LogP contribution < -0.4 is 0 Å². The summed E-state index contributed by atoms with van der Waals surface area (Å²) < 4.78 is 0. The van der Waals surface area contributed by atoms with Gasteiger partial charge in [0.25, 0.3) is 5.91 Å². The lowest BCUT2D eigenvalue weighted by Crippen LogP contribution is -2.32. The maximum absolute atomic E-state index is 12.6. The molecule has 25 heavy (non-hydrogen) atoms. The van der Waals surface area contributed by atoms with E-state index in [1.54, 1.807) is 11.3 Å². The molecular weight excluding hydrogens is 330 g/mol. The molecule has 3 rings (SSSR count). The van der Waals surface area contributed by atoms with Crippen LogP contribution in [0.4, 0.5) is 0 Å². The summed E-state index contributed by atoms with van der Waals surface area (Å²) in [5.74, 6) is 0.171. The summed E-state index contributed by atoms with van der Waals surface area (Å²) in [5, 5.41) is 2.05. The van der Waals surface area contributed by atoms with E-state index in [2.05, 4.69) is 41.2 Å². The summed E-state index contributed by atoms with van der Waals surface area (Å²) in [6, 6.07) is 4.31. The van der Waals surface area contributed by atoms with Crippen molar-refractivity contribution >= 4 is 17.2 Å². The van der Waals surface area contributed by atoms with Crippen LogP contribution in [0.25, 0.3) is 0 Å². The number of aromatic nitrogens is 1. The summed E-state index contributed by atoms with van der Waals surface area (Å²) in [7, 11) is 1.90. The van der Waals surface area contributed by atoms with Gasteiger partial charge in [0.1, 0.15) is 0 Å². The fraction of sp³-hybridized carbons (Fsp3) is 0.500. The van der Waals surface area contributed by atoms with Crippen molar-refractivity contribution in [1.82, 2.24) is 14.8 Å². The van der Waals surface area contributed by atoms with Crippen LogP contribution in [0, 0.1) is 0 Å². The molecule has 5 heteroatoms. The van der Waals surface area contributed by atoms with Crippen LogP contribution >= 0.6 is 11.3 Å². The number of amides is 1. The fourth-order valence-electron chi connectivity index (χ4n) is 3.33. The molecule has 4 nitrogen and oxygen atoms in total. The molecule has 0 fully saturated rings. The molecular formula is C20H27N3OS. The van der Waals surface area contributed by atoms with Crippen molar-refractivity contribution in [2.75, 3.05) is 20.1 Å². The van der Waals surface area contributed by atoms with Gasteiger partial charge in [-0.15, -0.1) is 11.3 Å². The van der Waals surface area contributed by atoms with Crippen LogP contribution in [0.1, 0.15) is 52.3 Å². The summed E-state index contributed by atoms with van der Waals surface area (Å²) in [5.41, 5.74) is 4.59. The summed E-state index contributed by atoms with van der Waals surface area (Å²) >= 11 is 1.73. The first-order valence-electron chi connectivity index (χ1n) is 9.13. The maximum atomic E-state index is 12.6. The largest absolute Gasteiger partial charge is 0.342 e. The van der Waals surface area contributed by atoms with E-state index < -0.39 is 0 Å². The van der Waals surface area contributed by atoms with Gasteiger partial charge in [0.2, 0.25) is 0 Å². The molecule has 0 bridgehead atoms. The molecule has 1 aliphatic rings. The van der Waals surface area contributed by atoms with Crippen molar-refractivity contribution in [3.8, 4) is 0 Å². The van der Waals surface area contributed by atoms with E-state index in [4.69, 9.17) is 0 Å². The Morgan fingerprint density at radius 1 is 1.36 bits per heavy atom. The van der Waals surface area contributed by atoms with Gasteiger partial charge in [0.05, 0.1) is 11.3 Å². The predicted octanol–water partition coefficient (Wildman–Crippen LogP) is 3.75. The standard InChI is InChI=1S/C20H27N3OS/c1-4-9-22(3)20(24)18-14-25-19-13-23(10-8-17(18)19)12-16-7-6-15(5-2)11-21-16/h6-7,11,14H,4-5,8-10,12-13H2,1-3H3. The molecule has 2 aromatic rings. The van der Waals surface area contributed by atoms with E-state index >= 15 is 0 Å². The van der Waals surface area contributed by atoms with Gasteiger partial charge in [-0.25, -0.2) is 0 Å². The number of rotatable bonds is 6. The van der Waals surface area contributed by atoms with E-state index in [0.717, 1.165) is 56.7 Å². The molecule has 1 aliphatic heterocycles. The van der Waals surface area contributed by atoms with Crippen molar-refractivity contribution in [3.05, 3.63) is 51.0 Å². The number of hydrogen-bond acceptors (Lipinski definition) is 4. The quantitative estimate of drug-likeness (QED) is 0.790. The molecule has 1 amide bonds. The van der Waals surface area contributed by atoms with Gasteiger partial charge in [0, 0.05) is 49.7 Å². The zero-order valence-corrected chi connectivity index (χ0v) is 16.2. The normalized spacial score (nSPS) is 14.4. The number of fused-ring (bicyclic) bond motifs is 1. The molecule has 0 saturated carbocycles. The van der Waals surface area contributed by atoms with Crippen LogP contribution in [0.2, 0.25) is 0 Å². The first kappa shape index (κ1) is 18.1. The molecule has 0 aromatic carbocycles. The molecule has 0 saturated heterocycles. The lowest BCUT2D eigenvalue weighted by atomic mass is 10.0. The van der Waals surface area contributed by atoms with Gasteiger partial charge >= 0.3 is 0 Å². The van der Waals surface area contributed by atoms with Crippen molar-refractivity contribution in [2.45, 2.75) is 46.2 Å². The molecule has 2 aromatic heterocycles. The van der Waals surface area contributed by atoms with Gasteiger partial charge in [-0.05, 0) is 36.5 Å². The highest BCUT2D eigenvalue weighted by Gasteiger charge is 2.25. The smallest absolute Gasteiger partial charge is 0.254 e. The van der Waals surface area contributed by atoms with E-state index in [0.29, 0.717) is 0 Å². The minimum absolute atomic E-state index is 0.171. The number of aryl methyl sites for hydroxylation is 1. The molecule has 0 spiro atoms. The Balaban J connectivity index is 1.67. The van der Waals surface area contributed by atoms with Gasteiger partial charge in [-0.2, -0.15) is 0 Å². The van der Waals surface area contributed by atoms with Crippen molar-refractivity contribution < 1.29 is 4.79 Å². The number of carbonyl (C=O) groups excluding carboxylic acids is 1. The Morgan fingerprint density at radius 3 is 2.88 bits per heavy atom. The summed E-state index contributed by atoms with van der Waals surface area (Å²) in [4.78, 5) is 22.8. The molecule has 134 valence electrons. The lowest BCUT2D eigenvalue weighted by Gasteiger charge is -2.27. The Kier molecular flexibility index (Phi) is 5.86. The second-order valence-electron chi connectivity index (χ2n) is 6.75. The molecule has 0 unspecified atom stereocenters. The van der Waals surface area contributed by atoms with Gasteiger partial charge in [0.15, 0.2) is 0 Å². The summed E-state index contributed by atoms with van der Waals surface area (Å²) in [6.07, 6.45) is 4.95. The van der Waals surface area contributed by atoms with Crippen LogP contribution in [-0.2, 0) is 25.9 Å². The first-order chi connectivity index (χ1) is 12.1. The lowest BCUT2D eigenvalue weighted by molar-refractivity contribution is 0.0793. The third kappa shape index (κ3) is 4.10.